The Hall–Kier alpha value is -0.634. The number of aliphatic carboxylic acids is 4. The van der Waals surface area contributed by atoms with Gasteiger partial charge in [0, 0.05) is 43.0 Å². The van der Waals surface area contributed by atoms with Crippen molar-refractivity contribution in [2.45, 2.75) is 0 Å². The third-order valence-corrected chi connectivity index (χ3v) is 2.16. The molecule has 12 N–H and O–H groups in total. The van der Waals surface area contributed by atoms with Gasteiger partial charge in [-0.25, -0.2) is 0 Å². The van der Waals surface area contributed by atoms with Crippen LogP contribution < -0.4 is 10.2 Å². The van der Waals surface area contributed by atoms with Crippen LogP contribution in [0.1, 0.15) is 0 Å². The van der Waals surface area contributed by atoms with E-state index in [9.17, 15) is 29.4 Å². The fourth-order valence-corrected chi connectivity index (χ4v) is 1.46. The van der Waals surface area contributed by atoms with Gasteiger partial charge in [0.05, 0.1) is 25.0 Å². The van der Waals surface area contributed by atoms with Crippen LogP contribution in [0.2, 0.25) is 0 Å². The molecule has 0 saturated heterocycles. The van der Waals surface area contributed by atoms with Gasteiger partial charge in [-0.15, -0.1) is 0 Å². The van der Waals surface area contributed by atoms with Crippen molar-refractivity contribution < 1.29 is 83.8 Å². The number of carbonyl (C=O) groups excluding carboxylic acids is 2. The maximum absolute atomic E-state index is 10.5. The SMILES string of the molecule is O.O.O.O.O.O=C([O-])CN(CCN(CC(=O)[O-])CC(=O)O)CC(=O)O.[Ca+2].[Co]. The topological polar surface area (TPSA) is 319 Å². The zero-order valence-corrected chi connectivity index (χ0v) is 17.3. The van der Waals surface area contributed by atoms with E-state index in [0.717, 1.165) is 9.80 Å². The molecule has 0 saturated carbocycles. The van der Waals surface area contributed by atoms with Crippen LogP contribution in [-0.4, -0.2) is 148 Å². The number of hydrogen-bond acceptors (Lipinski definition) is 8. The Morgan fingerprint density at radius 2 is 0.852 bits per heavy atom. The van der Waals surface area contributed by atoms with Crippen LogP contribution in [0.3, 0.4) is 0 Å². The van der Waals surface area contributed by atoms with Gasteiger partial charge < -0.3 is 57.4 Å². The molecule has 0 spiro atoms. The first-order chi connectivity index (χ1) is 9.20. The molecule has 0 bridgehead atoms. The van der Waals surface area contributed by atoms with Gasteiger partial charge in [0.25, 0.3) is 0 Å². The predicted molar refractivity (Wildman–Crippen MR) is 82.0 cm³/mol. The Morgan fingerprint density at radius 1 is 0.630 bits per heavy atom. The maximum Gasteiger partial charge on any atom is 2.00 e. The first-order valence-corrected chi connectivity index (χ1v) is 5.48. The van der Waals surface area contributed by atoms with E-state index in [0.29, 0.717) is 0 Å². The summed E-state index contributed by atoms with van der Waals surface area (Å²) in [6.45, 7) is -2.75. The standard InChI is InChI=1S/C10H16N2O8.Ca.Co.5H2O/c13-7(14)3-11(4-8(15)16)1-2-12(5-9(17)18)6-10(19)20;;;;;;;/h1-6H2,(H,13,14)(H,15,16)(H,17,18)(H,19,20);;;5*1H2/q;+2;;;;;;/p-2. The molecule has 0 aromatic carbocycles. The Kier molecular flexibility index (Phi) is 51.4. The Bertz CT molecular complexity index is 333. The Morgan fingerprint density at radius 3 is 1.00 bits per heavy atom. The Labute approximate surface area is 193 Å². The van der Waals surface area contributed by atoms with Gasteiger partial charge in [-0.1, -0.05) is 0 Å². The van der Waals surface area contributed by atoms with E-state index in [-0.39, 0.29) is 95.0 Å². The maximum atomic E-state index is 10.5. The summed E-state index contributed by atoms with van der Waals surface area (Å²) in [5.41, 5.74) is 0. The van der Waals surface area contributed by atoms with Crippen LogP contribution in [0.4, 0.5) is 0 Å². The van der Waals surface area contributed by atoms with Gasteiger partial charge in [0.2, 0.25) is 0 Å². The van der Waals surface area contributed by atoms with Crippen LogP contribution >= 0.6 is 0 Å². The minimum absolute atomic E-state index is 0. The smallest absolute Gasteiger partial charge is 0.549 e. The average Bonchev–Trinajstić information content (AvgIpc) is 2.22. The van der Waals surface area contributed by atoms with Crippen molar-refractivity contribution in [3.8, 4) is 0 Å². The van der Waals surface area contributed by atoms with Crippen molar-refractivity contribution in [1.29, 1.82) is 0 Å². The number of carbonyl (C=O) groups is 4. The minimum atomic E-state index is -1.49. The van der Waals surface area contributed by atoms with E-state index in [1.807, 2.05) is 0 Å². The quantitative estimate of drug-likeness (QED) is 0.263. The number of rotatable bonds is 11. The largest absolute Gasteiger partial charge is 2.00 e. The molecular formula is C10H24CaCoN2O13. The summed E-state index contributed by atoms with van der Waals surface area (Å²) in [6, 6.07) is 0. The minimum Gasteiger partial charge on any atom is -0.549 e. The molecule has 0 aromatic rings. The molecule has 0 aliphatic carbocycles. The van der Waals surface area contributed by atoms with E-state index < -0.39 is 50.1 Å². The van der Waals surface area contributed by atoms with E-state index in [1.54, 1.807) is 0 Å². The van der Waals surface area contributed by atoms with Crippen LogP contribution in [0.25, 0.3) is 0 Å². The third-order valence-electron chi connectivity index (χ3n) is 2.16. The molecule has 0 heterocycles. The number of carboxylic acids is 4. The molecule has 0 aliphatic rings. The fourth-order valence-electron chi connectivity index (χ4n) is 1.46. The number of nitrogens with zero attached hydrogens (tertiary/aromatic N) is 2. The van der Waals surface area contributed by atoms with Gasteiger partial charge in [-0.2, -0.15) is 0 Å². The summed E-state index contributed by atoms with van der Waals surface area (Å²) in [5.74, 6) is -5.52. The van der Waals surface area contributed by atoms with Crippen molar-refractivity contribution in [3.63, 3.8) is 0 Å². The zero-order valence-electron chi connectivity index (χ0n) is 14.0. The summed E-state index contributed by atoms with van der Waals surface area (Å²) >= 11 is 0. The zero-order chi connectivity index (χ0) is 15.7. The Balaban J connectivity index is -0.0000000860. The van der Waals surface area contributed by atoms with Gasteiger partial charge in [0.15, 0.2) is 0 Å². The summed E-state index contributed by atoms with van der Waals surface area (Å²) in [7, 11) is 0. The van der Waals surface area contributed by atoms with Crippen molar-refractivity contribution in [2.75, 3.05) is 39.3 Å². The monoisotopic (exact) mass is 479 g/mol. The second-order valence-electron chi connectivity index (χ2n) is 3.95. The third kappa shape index (κ3) is 33.4. The molecule has 17 heteroatoms. The van der Waals surface area contributed by atoms with Crippen molar-refractivity contribution in [3.05, 3.63) is 0 Å². The second kappa shape index (κ2) is 27.6. The molecule has 15 nitrogen and oxygen atoms in total. The molecule has 0 amide bonds. The summed E-state index contributed by atoms with van der Waals surface area (Å²) in [6.07, 6.45) is 0. The van der Waals surface area contributed by atoms with Crippen LogP contribution in [0.15, 0.2) is 0 Å². The normalized spacial score (nSPS) is 7.93. The molecule has 0 unspecified atom stereocenters. The van der Waals surface area contributed by atoms with Crippen molar-refractivity contribution in [2.24, 2.45) is 0 Å². The van der Waals surface area contributed by atoms with Gasteiger partial charge >= 0.3 is 49.7 Å². The molecular weight excluding hydrogens is 455 g/mol. The first kappa shape index (κ1) is 50.3. The molecule has 163 valence electrons. The fraction of sp³-hybridized carbons (Fsp3) is 0.600. The van der Waals surface area contributed by atoms with Crippen molar-refractivity contribution in [1.82, 2.24) is 9.80 Å². The number of carboxylic acid groups (broad SMARTS) is 4. The molecule has 0 atom stereocenters. The number of hydrogen-bond donors (Lipinski definition) is 2. The molecule has 0 aromatic heterocycles. The first-order valence-electron chi connectivity index (χ1n) is 5.48. The van der Waals surface area contributed by atoms with E-state index in [2.05, 4.69) is 0 Å². The van der Waals surface area contributed by atoms with Crippen molar-refractivity contribution >= 4 is 61.6 Å². The second-order valence-corrected chi connectivity index (χ2v) is 3.95. The van der Waals surface area contributed by atoms with Gasteiger partial charge in [0.1, 0.15) is 0 Å². The van der Waals surface area contributed by atoms with E-state index >= 15 is 0 Å². The predicted octanol–water partition coefficient (Wildman–Crippen LogP) is -9.25. The van der Waals surface area contributed by atoms with E-state index in [1.165, 1.54) is 0 Å². The molecule has 0 rings (SSSR count). The summed E-state index contributed by atoms with van der Waals surface area (Å²) in [4.78, 5) is 43.9. The molecule has 27 heavy (non-hydrogen) atoms. The average molecular weight is 479 g/mol. The molecule has 0 aliphatic heterocycles. The van der Waals surface area contributed by atoms with Gasteiger partial charge in [-0.05, 0) is 0 Å². The molecule has 0 fully saturated rings. The van der Waals surface area contributed by atoms with Crippen LogP contribution in [-0.2, 0) is 36.0 Å². The molecule has 1 radical (unpaired) electrons. The summed E-state index contributed by atoms with van der Waals surface area (Å²) < 4.78 is 0. The van der Waals surface area contributed by atoms with Crippen LogP contribution in [0.5, 0.6) is 0 Å². The van der Waals surface area contributed by atoms with Crippen LogP contribution in [0, 0.1) is 0 Å². The van der Waals surface area contributed by atoms with Gasteiger partial charge in [-0.3, -0.25) is 19.4 Å². The van der Waals surface area contributed by atoms with E-state index in [4.69, 9.17) is 10.2 Å². The summed E-state index contributed by atoms with van der Waals surface area (Å²) in [5, 5.41) is 38.0.